The predicted octanol–water partition coefficient (Wildman–Crippen LogP) is 3.00. The minimum atomic E-state index is -3.81. The number of nitrogens with one attached hydrogen (secondary N) is 3. The highest BCUT2D eigenvalue weighted by Crippen LogP contribution is 2.25. The topological polar surface area (TPSA) is 87.3 Å². The van der Waals surface area contributed by atoms with Gasteiger partial charge in [0.2, 0.25) is 5.91 Å². The van der Waals surface area contributed by atoms with E-state index in [1.807, 2.05) is 0 Å². The highest BCUT2D eigenvalue weighted by atomic mass is 35.5. The molecule has 2 aromatic rings. The number of rotatable bonds is 5. The Hall–Kier alpha value is -2.09. The molecule has 8 heteroatoms. The zero-order valence-corrected chi connectivity index (χ0v) is 15.8. The Balaban J connectivity index is 1.83. The van der Waals surface area contributed by atoms with Crippen LogP contribution in [-0.2, 0) is 14.8 Å². The highest BCUT2D eigenvalue weighted by molar-refractivity contribution is 7.92. The summed E-state index contributed by atoms with van der Waals surface area (Å²) in [6.07, 6.45) is 0.777. The van der Waals surface area contributed by atoms with Crippen LogP contribution in [0.15, 0.2) is 47.4 Å². The second kappa shape index (κ2) is 7.65. The minimum absolute atomic E-state index is 0.0963. The first-order valence-electron chi connectivity index (χ1n) is 8.26. The second-order valence-electron chi connectivity index (χ2n) is 6.28. The van der Waals surface area contributed by atoms with Crippen LogP contribution in [0.25, 0.3) is 0 Å². The fourth-order valence-electron chi connectivity index (χ4n) is 2.85. The van der Waals surface area contributed by atoms with Gasteiger partial charge >= 0.3 is 0 Å². The summed E-state index contributed by atoms with van der Waals surface area (Å²) in [6.45, 7) is 3.16. The van der Waals surface area contributed by atoms with Crippen LogP contribution >= 0.6 is 11.6 Å². The molecule has 3 rings (SSSR count). The van der Waals surface area contributed by atoms with Gasteiger partial charge in [0.1, 0.15) is 0 Å². The van der Waals surface area contributed by atoms with Crippen molar-refractivity contribution < 1.29 is 13.2 Å². The number of halogens is 1. The minimum Gasteiger partial charge on any atom is -0.326 e. The summed E-state index contributed by atoms with van der Waals surface area (Å²) < 4.78 is 28.0. The largest absolute Gasteiger partial charge is 0.326 e. The van der Waals surface area contributed by atoms with Crippen molar-refractivity contribution in [2.24, 2.45) is 5.92 Å². The molecular formula is C18H20ClN3O3S. The summed E-state index contributed by atoms with van der Waals surface area (Å²) in [5, 5.41) is 6.38. The zero-order valence-electron chi connectivity index (χ0n) is 14.3. The molecule has 0 bridgehead atoms. The van der Waals surface area contributed by atoms with Gasteiger partial charge in [-0.1, -0.05) is 23.7 Å². The SMILES string of the molecule is Cc1ccc(NC(=O)C2CCNC2)cc1S(=O)(=O)Nc1cccc(Cl)c1. The maximum absolute atomic E-state index is 12.8. The number of carbonyl (C=O) groups is 1. The lowest BCUT2D eigenvalue weighted by Gasteiger charge is -2.14. The maximum Gasteiger partial charge on any atom is 0.262 e. The number of hydrogen-bond donors (Lipinski definition) is 3. The Morgan fingerprint density at radius 2 is 2.00 bits per heavy atom. The molecule has 1 fully saturated rings. The normalized spacial score (nSPS) is 17.1. The van der Waals surface area contributed by atoms with E-state index in [1.54, 1.807) is 37.3 Å². The lowest BCUT2D eigenvalue weighted by atomic mass is 10.1. The van der Waals surface area contributed by atoms with Crippen molar-refractivity contribution >= 4 is 38.9 Å². The molecule has 1 aliphatic rings. The summed E-state index contributed by atoms with van der Waals surface area (Å²) in [5.74, 6) is -0.203. The predicted molar refractivity (Wildman–Crippen MR) is 103 cm³/mol. The highest BCUT2D eigenvalue weighted by Gasteiger charge is 2.23. The standard InChI is InChI=1S/C18H20ClN3O3S/c1-12-5-6-15(21-18(23)13-7-8-20-11-13)10-17(12)26(24,25)22-16-4-2-3-14(19)9-16/h2-6,9-10,13,20,22H,7-8,11H2,1H3,(H,21,23). The van der Waals surface area contributed by atoms with Gasteiger partial charge in [0.25, 0.3) is 10.0 Å². The summed E-state index contributed by atoms with van der Waals surface area (Å²) in [4.78, 5) is 12.4. The molecule has 1 heterocycles. The smallest absolute Gasteiger partial charge is 0.262 e. The first-order chi connectivity index (χ1) is 12.3. The summed E-state index contributed by atoms with van der Waals surface area (Å²) in [5.41, 5.74) is 1.42. The number of benzene rings is 2. The summed E-state index contributed by atoms with van der Waals surface area (Å²) in [7, 11) is -3.81. The number of amides is 1. The van der Waals surface area contributed by atoms with Gasteiger partial charge in [-0.3, -0.25) is 9.52 Å². The van der Waals surface area contributed by atoms with Crippen LogP contribution in [-0.4, -0.2) is 27.4 Å². The van der Waals surface area contributed by atoms with Crippen molar-refractivity contribution in [1.82, 2.24) is 5.32 Å². The third kappa shape index (κ3) is 4.35. The third-order valence-electron chi connectivity index (χ3n) is 4.25. The molecule has 26 heavy (non-hydrogen) atoms. The van der Waals surface area contributed by atoms with Gasteiger partial charge in [0, 0.05) is 17.3 Å². The van der Waals surface area contributed by atoms with Crippen LogP contribution in [0.3, 0.4) is 0 Å². The molecule has 138 valence electrons. The van der Waals surface area contributed by atoms with Crippen LogP contribution in [0.5, 0.6) is 0 Å². The molecule has 1 unspecified atom stereocenters. The monoisotopic (exact) mass is 393 g/mol. The number of carbonyl (C=O) groups excluding carboxylic acids is 1. The molecule has 0 saturated carbocycles. The van der Waals surface area contributed by atoms with Crippen molar-refractivity contribution in [3.05, 3.63) is 53.1 Å². The van der Waals surface area contributed by atoms with Crippen molar-refractivity contribution in [1.29, 1.82) is 0 Å². The lowest BCUT2D eigenvalue weighted by molar-refractivity contribution is -0.119. The van der Waals surface area contributed by atoms with Gasteiger partial charge < -0.3 is 10.6 Å². The van der Waals surface area contributed by atoms with Gasteiger partial charge in [-0.25, -0.2) is 8.42 Å². The molecule has 0 aliphatic carbocycles. The van der Waals surface area contributed by atoms with E-state index in [9.17, 15) is 13.2 Å². The van der Waals surface area contributed by atoms with E-state index >= 15 is 0 Å². The second-order valence-corrected chi connectivity index (χ2v) is 8.36. The van der Waals surface area contributed by atoms with Crippen LogP contribution in [0.1, 0.15) is 12.0 Å². The third-order valence-corrected chi connectivity index (χ3v) is 6.01. The summed E-state index contributed by atoms with van der Waals surface area (Å²) in [6, 6.07) is 11.3. The fraction of sp³-hybridized carbons (Fsp3) is 0.278. The Morgan fingerprint density at radius 3 is 2.69 bits per heavy atom. The molecule has 6 nitrogen and oxygen atoms in total. The Bertz CT molecular complexity index is 925. The van der Waals surface area contributed by atoms with Gasteiger partial charge in [0.15, 0.2) is 0 Å². The van der Waals surface area contributed by atoms with Gasteiger partial charge in [-0.2, -0.15) is 0 Å². The van der Waals surface area contributed by atoms with Crippen LogP contribution in [0, 0.1) is 12.8 Å². The Kier molecular flexibility index (Phi) is 5.50. The van der Waals surface area contributed by atoms with E-state index in [2.05, 4.69) is 15.4 Å². The molecule has 1 aliphatic heterocycles. The molecule has 1 amide bonds. The zero-order chi connectivity index (χ0) is 18.7. The van der Waals surface area contributed by atoms with E-state index in [0.717, 1.165) is 13.0 Å². The van der Waals surface area contributed by atoms with Crippen LogP contribution in [0.2, 0.25) is 5.02 Å². The van der Waals surface area contributed by atoms with Crippen molar-refractivity contribution in [2.45, 2.75) is 18.2 Å². The summed E-state index contributed by atoms with van der Waals surface area (Å²) >= 11 is 5.91. The Morgan fingerprint density at radius 1 is 1.19 bits per heavy atom. The van der Waals surface area contributed by atoms with E-state index < -0.39 is 10.0 Å². The van der Waals surface area contributed by atoms with Crippen LogP contribution in [0.4, 0.5) is 11.4 Å². The average molecular weight is 394 g/mol. The number of aryl methyl sites for hydroxylation is 1. The number of anilines is 2. The fourth-order valence-corrected chi connectivity index (χ4v) is 4.36. The number of hydrogen-bond acceptors (Lipinski definition) is 4. The van der Waals surface area contributed by atoms with E-state index in [0.29, 0.717) is 28.5 Å². The number of sulfonamides is 1. The van der Waals surface area contributed by atoms with E-state index in [4.69, 9.17) is 11.6 Å². The molecule has 0 spiro atoms. The molecule has 0 radical (unpaired) electrons. The van der Waals surface area contributed by atoms with E-state index in [1.165, 1.54) is 12.1 Å². The molecular weight excluding hydrogens is 374 g/mol. The first-order valence-corrected chi connectivity index (χ1v) is 10.1. The molecule has 1 saturated heterocycles. The van der Waals surface area contributed by atoms with E-state index in [-0.39, 0.29) is 16.7 Å². The average Bonchev–Trinajstić information content (AvgIpc) is 3.10. The van der Waals surface area contributed by atoms with Gasteiger partial charge in [-0.15, -0.1) is 0 Å². The van der Waals surface area contributed by atoms with Crippen molar-refractivity contribution in [3.63, 3.8) is 0 Å². The van der Waals surface area contributed by atoms with Gasteiger partial charge in [-0.05, 0) is 55.8 Å². The lowest BCUT2D eigenvalue weighted by Crippen LogP contribution is -2.24. The van der Waals surface area contributed by atoms with Crippen molar-refractivity contribution in [2.75, 3.05) is 23.1 Å². The quantitative estimate of drug-likeness (QED) is 0.728. The maximum atomic E-state index is 12.8. The Labute approximate surface area is 158 Å². The molecule has 3 N–H and O–H groups in total. The molecule has 0 aromatic heterocycles. The van der Waals surface area contributed by atoms with Crippen molar-refractivity contribution in [3.8, 4) is 0 Å². The van der Waals surface area contributed by atoms with Crippen LogP contribution < -0.4 is 15.4 Å². The molecule has 2 aromatic carbocycles. The van der Waals surface area contributed by atoms with Gasteiger partial charge in [0.05, 0.1) is 16.5 Å². The first kappa shape index (κ1) is 18.7. The molecule has 1 atom stereocenters.